The minimum Gasteiger partial charge on any atom is -0.468 e. The fourth-order valence-electron chi connectivity index (χ4n) is 3.76. The molecule has 1 saturated heterocycles. The lowest BCUT2D eigenvalue weighted by Crippen LogP contribution is -2.49. The van der Waals surface area contributed by atoms with Gasteiger partial charge >= 0.3 is 0 Å². The highest BCUT2D eigenvalue weighted by Gasteiger charge is 2.29. The van der Waals surface area contributed by atoms with E-state index in [0.29, 0.717) is 18.8 Å². The molecule has 1 N–H and O–H groups in total. The van der Waals surface area contributed by atoms with E-state index in [4.69, 9.17) is 16.0 Å². The number of nitrogens with one attached hydrogen (secondary N) is 1. The highest BCUT2D eigenvalue weighted by Crippen LogP contribution is 2.26. The molecule has 9 heteroatoms. The topological polar surface area (TPSA) is 65.8 Å². The van der Waals surface area contributed by atoms with Crippen LogP contribution in [0.2, 0.25) is 5.02 Å². The Morgan fingerprint density at radius 2 is 1.71 bits per heavy atom. The van der Waals surface area contributed by atoms with Gasteiger partial charge in [0, 0.05) is 38.4 Å². The molecule has 1 aromatic heterocycles. The average Bonchev–Trinajstić information content (AvgIpc) is 3.30. The largest absolute Gasteiger partial charge is 0.468 e. The van der Waals surface area contributed by atoms with E-state index in [1.165, 1.54) is 18.2 Å². The molecule has 2 aromatic carbocycles. The maximum Gasteiger partial charge on any atom is 0.242 e. The summed E-state index contributed by atoms with van der Waals surface area (Å²) in [5.74, 6) is 0.433. The highest BCUT2D eigenvalue weighted by atomic mass is 35.5. The first-order valence-electron chi connectivity index (χ1n) is 9.96. The molecule has 3 aromatic rings. The third kappa shape index (κ3) is 5.10. The standard InChI is InChI=1S/C22H23ClFN3O3S/c23-19-4-1-2-6-22(19)31(28,29)25-16-20(21-5-3-15-30-21)27-13-11-26(12-14-27)18-9-7-17(24)8-10-18/h1-10,15,20,25H,11-14,16H2. The number of furan rings is 1. The van der Waals surface area contributed by atoms with Crippen LogP contribution in [-0.2, 0) is 10.0 Å². The summed E-state index contributed by atoms with van der Waals surface area (Å²) < 4.78 is 47.1. The van der Waals surface area contributed by atoms with E-state index >= 15 is 0 Å². The summed E-state index contributed by atoms with van der Waals surface area (Å²) in [5, 5.41) is 0.178. The highest BCUT2D eigenvalue weighted by molar-refractivity contribution is 7.89. The lowest BCUT2D eigenvalue weighted by molar-refractivity contribution is 0.166. The second kappa shape index (κ2) is 9.40. The monoisotopic (exact) mass is 463 g/mol. The van der Waals surface area contributed by atoms with Crippen molar-refractivity contribution >= 4 is 27.3 Å². The number of piperazine rings is 1. The molecule has 164 valence electrons. The molecule has 0 amide bonds. The number of hydrogen-bond donors (Lipinski definition) is 1. The predicted octanol–water partition coefficient (Wildman–Crippen LogP) is 3.91. The summed E-state index contributed by atoms with van der Waals surface area (Å²) in [7, 11) is -3.77. The van der Waals surface area contributed by atoms with E-state index < -0.39 is 10.0 Å². The van der Waals surface area contributed by atoms with Gasteiger partial charge in [0.2, 0.25) is 10.0 Å². The molecule has 0 spiro atoms. The molecule has 0 radical (unpaired) electrons. The molecule has 1 atom stereocenters. The van der Waals surface area contributed by atoms with Gasteiger partial charge in [-0.1, -0.05) is 23.7 Å². The van der Waals surface area contributed by atoms with E-state index in [1.807, 2.05) is 6.07 Å². The summed E-state index contributed by atoms with van der Waals surface area (Å²) in [6.07, 6.45) is 1.58. The maximum atomic E-state index is 13.2. The molecule has 0 aliphatic carbocycles. The molecule has 2 heterocycles. The second-order valence-electron chi connectivity index (χ2n) is 7.31. The van der Waals surface area contributed by atoms with Gasteiger partial charge in [0.05, 0.1) is 17.3 Å². The number of benzene rings is 2. The Morgan fingerprint density at radius 3 is 2.35 bits per heavy atom. The Bertz CT molecular complexity index is 1100. The van der Waals surface area contributed by atoms with Crippen LogP contribution in [0.25, 0.3) is 0 Å². The number of hydrogen-bond acceptors (Lipinski definition) is 5. The Morgan fingerprint density at radius 1 is 1.00 bits per heavy atom. The van der Waals surface area contributed by atoms with Gasteiger partial charge in [-0.3, -0.25) is 4.90 Å². The van der Waals surface area contributed by atoms with Crippen molar-refractivity contribution in [2.24, 2.45) is 0 Å². The van der Waals surface area contributed by atoms with Crippen LogP contribution in [0.4, 0.5) is 10.1 Å². The van der Waals surface area contributed by atoms with Gasteiger partial charge in [-0.15, -0.1) is 0 Å². The van der Waals surface area contributed by atoms with E-state index in [-0.39, 0.29) is 28.3 Å². The van der Waals surface area contributed by atoms with Crippen molar-refractivity contribution in [2.75, 3.05) is 37.6 Å². The van der Waals surface area contributed by atoms with E-state index in [1.54, 1.807) is 42.7 Å². The van der Waals surface area contributed by atoms with Gasteiger partial charge in [0.25, 0.3) is 0 Å². The molecule has 1 aliphatic rings. The average molecular weight is 464 g/mol. The first-order chi connectivity index (χ1) is 14.9. The van der Waals surface area contributed by atoms with Gasteiger partial charge in [-0.25, -0.2) is 17.5 Å². The van der Waals surface area contributed by atoms with Crippen LogP contribution in [0, 0.1) is 5.82 Å². The summed E-state index contributed by atoms with van der Waals surface area (Å²) in [4.78, 5) is 4.42. The zero-order valence-corrected chi connectivity index (χ0v) is 18.3. The quantitative estimate of drug-likeness (QED) is 0.575. The fourth-order valence-corrected chi connectivity index (χ4v) is 5.32. The first-order valence-corrected chi connectivity index (χ1v) is 11.8. The summed E-state index contributed by atoms with van der Waals surface area (Å²) in [5.41, 5.74) is 0.968. The Hall–Kier alpha value is -2.39. The number of rotatable bonds is 7. The molecular formula is C22H23ClFN3O3S. The molecule has 1 fully saturated rings. The smallest absolute Gasteiger partial charge is 0.242 e. The third-order valence-electron chi connectivity index (χ3n) is 5.41. The molecule has 31 heavy (non-hydrogen) atoms. The molecule has 4 rings (SSSR count). The number of halogens is 2. The van der Waals surface area contributed by atoms with Gasteiger partial charge in [0.15, 0.2) is 0 Å². The normalized spacial score (nSPS) is 16.4. The zero-order chi connectivity index (χ0) is 21.8. The Labute approximate surface area is 186 Å². The Kier molecular flexibility index (Phi) is 6.62. The van der Waals surface area contributed by atoms with E-state index in [0.717, 1.165) is 18.8 Å². The minimum absolute atomic E-state index is 0.0518. The van der Waals surface area contributed by atoms with Crippen LogP contribution in [0.15, 0.2) is 76.2 Å². The van der Waals surface area contributed by atoms with Crippen LogP contribution >= 0.6 is 11.6 Å². The molecule has 0 saturated carbocycles. The van der Waals surface area contributed by atoms with Crippen molar-refractivity contribution < 1.29 is 17.2 Å². The molecule has 1 unspecified atom stereocenters. The SMILES string of the molecule is O=S(=O)(NCC(c1ccco1)N1CCN(c2ccc(F)cc2)CC1)c1ccccc1Cl. The summed E-state index contributed by atoms with van der Waals surface area (Å²) in [6.45, 7) is 3.03. The van der Waals surface area contributed by atoms with E-state index in [9.17, 15) is 12.8 Å². The van der Waals surface area contributed by atoms with Crippen LogP contribution in [0.1, 0.15) is 11.8 Å². The van der Waals surface area contributed by atoms with Crippen LogP contribution in [0.5, 0.6) is 0 Å². The minimum atomic E-state index is -3.77. The van der Waals surface area contributed by atoms with Crippen molar-refractivity contribution in [3.8, 4) is 0 Å². The zero-order valence-electron chi connectivity index (χ0n) is 16.7. The van der Waals surface area contributed by atoms with Crippen LogP contribution in [0.3, 0.4) is 0 Å². The number of anilines is 1. The predicted molar refractivity (Wildman–Crippen MR) is 118 cm³/mol. The fraction of sp³-hybridized carbons (Fsp3) is 0.273. The van der Waals surface area contributed by atoms with Crippen LogP contribution < -0.4 is 9.62 Å². The lowest BCUT2D eigenvalue weighted by Gasteiger charge is -2.39. The van der Waals surface area contributed by atoms with Crippen molar-refractivity contribution in [1.29, 1.82) is 0 Å². The Balaban J connectivity index is 1.46. The lowest BCUT2D eigenvalue weighted by atomic mass is 10.1. The van der Waals surface area contributed by atoms with Crippen molar-refractivity contribution in [3.63, 3.8) is 0 Å². The third-order valence-corrected chi connectivity index (χ3v) is 7.33. The van der Waals surface area contributed by atoms with Gasteiger partial charge in [0.1, 0.15) is 16.5 Å². The van der Waals surface area contributed by atoms with Crippen molar-refractivity contribution in [3.05, 3.63) is 83.5 Å². The van der Waals surface area contributed by atoms with Crippen LogP contribution in [-0.4, -0.2) is 46.0 Å². The van der Waals surface area contributed by atoms with Gasteiger partial charge < -0.3 is 9.32 Å². The molecule has 1 aliphatic heterocycles. The summed E-state index contributed by atoms with van der Waals surface area (Å²) >= 11 is 6.08. The number of sulfonamides is 1. The van der Waals surface area contributed by atoms with Crippen molar-refractivity contribution in [1.82, 2.24) is 9.62 Å². The molecule has 0 bridgehead atoms. The maximum absolute atomic E-state index is 13.2. The molecule has 6 nitrogen and oxygen atoms in total. The van der Waals surface area contributed by atoms with Gasteiger partial charge in [-0.05, 0) is 48.5 Å². The van der Waals surface area contributed by atoms with E-state index in [2.05, 4.69) is 14.5 Å². The number of nitrogens with zero attached hydrogens (tertiary/aromatic N) is 2. The second-order valence-corrected chi connectivity index (χ2v) is 9.46. The summed E-state index contributed by atoms with van der Waals surface area (Å²) in [6, 6.07) is 16.2. The van der Waals surface area contributed by atoms with Crippen molar-refractivity contribution in [2.45, 2.75) is 10.9 Å². The van der Waals surface area contributed by atoms with Gasteiger partial charge in [-0.2, -0.15) is 0 Å². The first kappa shape index (κ1) is 21.8. The molecular weight excluding hydrogens is 441 g/mol.